The molecule has 3 nitrogen and oxygen atoms in total. The van der Waals surface area contributed by atoms with Crippen LogP contribution in [0.1, 0.15) is 24.8 Å². The topological polar surface area (TPSA) is 44.5 Å². The molecular weight excluding hydrogens is 214 g/mol. The van der Waals surface area contributed by atoms with E-state index in [-0.39, 0.29) is 6.10 Å². The first-order valence-corrected chi connectivity index (χ1v) is 6.04. The zero-order valence-corrected chi connectivity index (χ0v) is 10.2. The fourth-order valence-electron chi connectivity index (χ4n) is 1.98. The molecule has 0 amide bonds. The molecule has 0 aromatic heterocycles. The SMILES string of the molecule is COc1ccc(CN)c(OC2C=CCCC2)c1. The van der Waals surface area contributed by atoms with Crippen molar-refractivity contribution in [1.29, 1.82) is 0 Å². The molecule has 2 rings (SSSR count). The molecule has 1 aliphatic carbocycles. The van der Waals surface area contributed by atoms with E-state index in [1.54, 1.807) is 7.11 Å². The molecule has 0 radical (unpaired) electrons. The number of hydrogen-bond donors (Lipinski definition) is 1. The van der Waals surface area contributed by atoms with E-state index in [1.165, 1.54) is 6.42 Å². The molecule has 1 aromatic rings. The van der Waals surface area contributed by atoms with Crippen molar-refractivity contribution >= 4 is 0 Å². The van der Waals surface area contributed by atoms with Gasteiger partial charge in [0.1, 0.15) is 17.6 Å². The van der Waals surface area contributed by atoms with Gasteiger partial charge in [-0.1, -0.05) is 12.1 Å². The Morgan fingerprint density at radius 3 is 2.94 bits per heavy atom. The Morgan fingerprint density at radius 1 is 1.41 bits per heavy atom. The van der Waals surface area contributed by atoms with Crippen molar-refractivity contribution < 1.29 is 9.47 Å². The summed E-state index contributed by atoms with van der Waals surface area (Å²) in [6, 6.07) is 5.77. The summed E-state index contributed by atoms with van der Waals surface area (Å²) in [5.74, 6) is 1.64. The third kappa shape index (κ3) is 3.01. The molecule has 0 aliphatic heterocycles. The Balaban J connectivity index is 2.17. The molecular formula is C14H19NO2. The lowest BCUT2D eigenvalue weighted by atomic mass is 10.1. The van der Waals surface area contributed by atoms with Gasteiger partial charge in [-0.25, -0.2) is 0 Å². The number of methoxy groups -OCH3 is 1. The lowest BCUT2D eigenvalue weighted by Gasteiger charge is -2.20. The van der Waals surface area contributed by atoms with Gasteiger partial charge in [-0.2, -0.15) is 0 Å². The highest BCUT2D eigenvalue weighted by Gasteiger charge is 2.12. The van der Waals surface area contributed by atoms with Gasteiger partial charge in [-0.15, -0.1) is 0 Å². The number of ether oxygens (including phenoxy) is 2. The normalized spacial score (nSPS) is 19.1. The molecule has 0 saturated carbocycles. The summed E-state index contributed by atoms with van der Waals surface area (Å²) in [7, 11) is 1.65. The standard InChI is InChI=1S/C14H19NO2/c1-16-13-8-7-11(10-15)14(9-13)17-12-5-3-2-4-6-12/h3,5,7-9,12H,2,4,6,10,15H2,1H3. The predicted octanol–water partition coefficient (Wildman–Crippen LogP) is 2.64. The molecule has 1 aliphatic rings. The van der Waals surface area contributed by atoms with Crippen molar-refractivity contribution in [2.75, 3.05) is 7.11 Å². The first kappa shape index (κ1) is 12.0. The highest BCUT2D eigenvalue weighted by molar-refractivity contribution is 5.41. The Labute approximate surface area is 102 Å². The number of nitrogens with two attached hydrogens (primary N) is 1. The summed E-state index contributed by atoms with van der Waals surface area (Å²) in [4.78, 5) is 0. The van der Waals surface area contributed by atoms with Crippen LogP contribution in [0.25, 0.3) is 0 Å². The lowest BCUT2D eigenvalue weighted by molar-refractivity contribution is 0.227. The average Bonchev–Trinajstić information content (AvgIpc) is 2.40. The van der Waals surface area contributed by atoms with Crippen LogP contribution in [0.3, 0.4) is 0 Å². The largest absolute Gasteiger partial charge is 0.497 e. The first-order chi connectivity index (χ1) is 8.33. The van der Waals surface area contributed by atoms with Crippen LogP contribution < -0.4 is 15.2 Å². The molecule has 1 unspecified atom stereocenters. The van der Waals surface area contributed by atoms with Gasteiger partial charge in [0.25, 0.3) is 0 Å². The van der Waals surface area contributed by atoms with Crippen molar-refractivity contribution in [2.45, 2.75) is 31.9 Å². The van der Waals surface area contributed by atoms with Gasteiger partial charge < -0.3 is 15.2 Å². The van der Waals surface area contributed by atoms with Crippen molar-refractivity contribution in [3.05, 3.63) is 35.9 Å². The monoisotopic (exact) mass is 233 g/mol. The highest BCUT2D eigenvalue weighted by Crippen LogP contribution is 2.27. The van der Waals surface area contributed by atoms with Crippen LogP contribution in [0.2, 0.25) is 0 Å². The minimum atomic E-state index is 0.168. The van der Waals surface area contributed by atoms with Crippen LogP contribution in [-0.4, -0.2) is 13.2 Å². The summed E-state index contributed by atoms with van der Waals surface area (Å²) >= 11 is 0. The van der Waals surface area contributed by atoms with Crippen LogP contribution in [0.4, 0.5) is 0 Å². The van der Waals surface area contributed by atoms with Crippen molar-refractivity contribution in [3.8, 4) is 11.5 Å². The van der Waals surface area contributed by atoms with E-state index >= 15 is 0 Å². The van der Waals surface area contributed by atoms with Crippen molar-refractivity contribution in [1.82, 2.24) is 0 Å². The third-order valence-electron chi connectivity index (χ3n) is 2.98. The summed E-state index contributed by atoms with van der Waals surface area (Å²) in [6.07, 6.45) is 7.88. The van der Waals surface area contributed by atoms with Crippen molar-refractivity contribution in [2.24, 2.45) is 5.73 Å². The Kier molecular flexibility index (Phi) is 4.04. The van der Waals surface area contributed by atoms with Gasteiger partial charge in [0.2, 0.25) is 0 Å². The quantitative estimate of drug-likeness (QED) is 0.813. The smallest absolute Gasteiger partial charge is 0.128 e. The zero-order chi connectivity index (χ0) is 12.1. The maximum Gasteiger partial charge on any atom is 0.128 e. The maximum atomic E-state index is 5.97. The minimum Gasteiger partial charge on any atom is -0.497 e. The van der Waals surface area contributed by atoms with E-state index in [9.17, 15) is 0 Å². The van der Waals surface area contributed by atoms with Gasteiger partial charge in [-0.3, -0.25) is 0 Å². The zero-order valence-electron chi connectivity index (χ0n) is 10.2. The van der Waals surface area contributed by atoms with Crippen molar-refractivity contribution in [3.63, 3.8) is 0 Å². The Bertz CT molecular complexity index is 401. The Hall–Kier alpha value is -1.48. The summed E-state index contributed by atoms with van der Waals surface area (Å²) < 4.78 is 11.2. The van der Waals surface area contributed by atoms with Crippen LogP contribution >= 0.6 is 0 Å². The Morgan fingerprint density at radius 2 is 2.29 bits per heavy atom. The fourth-order valence-corrected chi connectivity index (χ4v) is 1.98. The number of rotatable bonds is 4. The molecule has 0 spiro atoms. The van der Waals surface area contributed by atoms with E-state index in [0.29, 0.717) is 6.54 Å². The van der Waals surface area contributed by atoms with E-state index in [0.717, 1.165) is 29.9 Å². The first-order valence-electron chi connectivity index (χ1n) is 6.04. The van der Waals surface area contributed by atoms with E-state index in [1.807, 2.05) is 18.2 Å². The molecule has 1 atom stereocenters. The minimum absolute atomic E-state index is 0.168. The van der Waals surface area contributed by atoms with Crippen LogP contribution in [0, 0.1) is 0 Å². The average molecular weight is 233 g/mol. The molecule has 92 valence electrons. The van der Waals surface area contributed by atoms with E-state index in [4.69, 9.17) is 15.2 Å². The summed E-state index contributed by atoms with van der Waals surface area (Å²) in [6.45, 7) is 0.482. The molecule has 0 bridgehead atoms. The number of benzene rings is 1. The molecule has 0 fully saturated rings. The maximum absolute atomic E-state index is 5.97. The number of hydrogen-bond acceptors (Lipinski definition) is 3. The third-order valence-corrected chi connectivity index (χ3v) is 2.98. The second-order valence-electron chi connectivity index (χ2n) is 4.19. The second-order valence-corrected chi connectivity index (χ2v) is 4.19. The molecule has 17 heavy (non-hydrogen) atoms. The van der Waals surface area contributed by atoms with Crippen LogP contribution in [0.15, 0.2) is 30.4 Å². The number of allylic oxidation sites excluding steroid dienone is 1. The molecule has 1 aromatic carbocycles. The van der Waals surface area contributed by atoms with E-state index in [2.05, 4.69) is 12.2 Å². The van der Waals surface area contributed by atoms with Gasteiger partial charge in [0.05, 0.1) is 7.11 Å². The van der Waals surface area contributed by atoms with Crippen LogP contribution in [-0.2, 0) is 6.54 Å². The molecule has 0 heterocycles. The fraction of sp³-hybridized carbons (Fsp3) is 0.429. The summed E-state index contributed by atoms with van der Waals surface area (Å²) in [5.41, 5.74) is 6.73. The van der Waals surface area contributed by atoms with Gasteiger partial charge >= 0.3 is 0 Å². The molecule has 3 heteroatoms. The predicted molar refractivity (Wildman–Crippen MR) is 68.3 cm³/mol. The lowest BCUT2D eigenvalue weighted by Crippen LogP contribution is -2.17. The van der Waals surface area contributed by atoms with Gasteiger partial charge in [0.15, 0.2) is 0 Å². The molecule has 2 N–H and O–H groups in total. The molecule has 0 saturated heterocycles. The van der Waals surface area contributed by atoms with Crippen LogP contribution in [0.5, 0.6) is 11.5 Å². The van der Waals surface area contributed by atoms with E-state index < -0.39 is 0 Å². The van der Waals surface area contributed by atoms with Gasteiger partial charge in [-0.05, 0) is 31.4 Å². The second kappa shape index (κ2) is 5.73. The highest BCUT2D eigenvalue weighted by atomic mass is 16.5. The van der Waals surface area contributed by atoms with Gasteiger partial charge in [0, 0.05) is 18.2 Å². The summed E-state index contributed by atoms with van der Waals surface area (Å²) in [5, 5.41) is 0.